The fourth-order valence-corrected chi connectivity index (χ4v) is 3.15. The zero-order valence-corrected chi connectivity index (χ0v) is 16.5. The van der Waals surface area contributed by atoms with E-state index in [1.165, 1.54) is 0 Å². The van der Waals surface area contributed by atoms with Gasteiger partial charge in [-0.3, -0.25) is 4.68 Å². The Morgan fingerprint density at radius 1 is 1.18 bits per heavy atom. The highest BCUT2D eigenvalue weighted by Gasteiger charge is 2.27. The quantitative estimate of drug-likeness (QED) is 0.671. The Balaban J connectivity index is 1.43. The highest BCUT2D eigenvalue weighted by atomic mass is 16.6. The molecule has 1 fully saturated rings. The number of hydrogen-bond donors (Lipinski definition) is 0. The van der Waals surface area contributed by atoms with Crippen molar-refractivity contribution in [3.05, 3.63) is 24.4 Å². The van der Waals surface area contributed by atoms with E-state index in [9.17, 15) is 4.79 Å². The molecule has 0 N–H and O–H groups in total. The predicted molar refractivity (Wildman–Crippen MR) is 104 cm³/mol. The van der Waals surface area contributed by atoms with Crippen molar-refractivity contribution < 1.29 is 14.1 Å². The minimum absolute atomic E-state index is 0.289. The van der Waals surface area contributed by atoms with E-state index < -0.39 is 5.60 Å². The molecule has 4 rings (SSSR count). The molecule has 1 aromatic carbocycles. The summed E-state index contributed by atoms with van der Waals surface area (Å²) in [7, 11) is 1.90. The summed E-state index contributed by atoms with van der Waals surface area (Å²) in [6, 6.07) is 6.41. The highest BCUT2D eigenvalue weighted by Crippen LogP contribution is 2.24. The van der Waals surface area contributed by atoms with Crippen molar-refractivity contribution in [2.24, 2.45) is 7.05 Å². The van der Waals surface area contributed by atoms with E-state index in [0.29, 0.717) is 38.0 Å². The Morgan fingerprint density at radius 3 is 2.64 bits per heavy atom. The van der Waals surface area contributed by atoms with Crippen molar-refractivity contribution in [2.75, 3.05) is 31.1 Å². The summed E-state index contributed by atoms with van der Waals surface area (Å²) < 4.78 is 12.7. The van der Waals surface area contributed by atoms with E-state index >= 15 is 0 Å². The Hall–Kier alpha value is -3.10. The third kappa shape index (κ3) is 3.64. The minimum atomic E-state index is -0.495. The van der Waals surface area contributed by atoms with Crippen molar-refractivity contribution in [3.8, 4) is 11.4 Å². The number of nitrogens with zero attached hydrogens (tertiary/aromatic N) is 6. The van der Waals surface area contributed by atoms with E-state index in [-0.39, 0.29) is 6.09 Å². The average molecular weight is 384 g/mol. The molecule has 0 radical (unpaired) electrons. The zero-order chi connectivity index (χ0) is 19.9. The molecule has 2 aromatic heterocycles. The van der Waals surface area contributed by atoms with Gasteiger partial charge in [-0.05, 0) is 26.8 Å². The lowest BCUT2D eigenvalue weighted by molar-refractivity contribution is 0.0238. The first-order valence-electron chi connectivity index (χ1n) is 9.29. The van der Waals surface area contributed by atoms with Crippen LogP contribution in [0, 0.1) is 0 Å². The monoisotopic (exact) mass is 384 g/mol. The van der Waals surface area contributed by atoms with Crippen molar-refractivity contribution in [1.82, 2.24) is 24.8 Å². The smallest absolute Gasteiger partial charge is 0.410 e. The molecule has 0 saturated carbocycles. The molecule has 3 aromatic rings. The number of amides is 1. The van der Waals surface area contributed by atoms with Gasteiger partial charge in [0, 0.05) is 44.2 Å². The normalized spacial score (nSPS) is 15.3. The van der Waals surface area contributed by atoms with Crippen LogP contribution in [0.2, 0.25) is 0 Å². The topological polar surface area (TPSA) is 89.5 Å². The number of benzene rings is 1. The van der Waals surface area contributed by atoms with Crippen LogP contribution in [0.25, 0.3) is 22.3 Å². The number of aryl methyl sites for hydroxylation is 1. The van der Waals surface area contributed by atoms with E-state index in [1.54, 1.807) is 4.90 Å². The van der Waals surface area contributed by atoms with Crippen LogP contribution in [0.1, 0.15) is 20.8 Å². The summed E-state index contributed by atoms with van der Waals surface area (Å²) in [6.45, 7) is 7.92. The summed E-state index contributed by atoms with van der Waals surface area (Å²) in [5.74, 6) is 0.535. The fourth-order valence-electron chi connectivity index (χ4n) is 3.15. The average Bonchev–Trinajstić information content (AvgIpc) is 3.28. The highest BCUT2D eigenvalue weighted by molar-refractivity contribution is 5.83. The molecule has 1 saturated heterocycles. The van der Waals surface area contributed by atoms with Crippen molar-refractivity contribution in [3.63, 3.8) is 0 Å². The molecule has 148 valence electrons. The van der Waals surface area contributed by atoms with Crippen LogP contribution in [-0.2, 0) is 11.8 Å². The minimum Gasteiger partial charge on any atom is -0.444 e. The summed E-state index contributed by atoms with van der Waals surface area (Å²) in [4.78, 5) is 20.4. The van der Waals surface area contributed by atoms with Gasteiger partial charge in [0.1, 0.15) is 5.60 Å². The number of rotatable bonds is 2. The number of carbonyl (C=O) groups excluding carboxylic acids is 1. The van der Waals surface area contributed by atoms with Crippen LogP contribution < -0.4 is 4.90 Å². The molecule has 9 heteroatoms. The lowest BCUT2D eigenvalue weighted by Crippen LogP contribution is -2.50. The van der Waals surface area contributed by atoms with Gasteiger partial charge in [0.05, 0.1) is 11.7 Å². The van der Waals surface area contributed by atoms with Gasteiger partial charge >= 0.3 is 12.1 Å². The van der Waals surface area contributed by atoms with Gasteiger partial charge in [0.25, 0.3) is 0 Å². The number of carbonyl (C=O) groups is 1. The maximum Gasteiger partial charge on any atom is 0.410 e. The SMILES string of the molecule is Cn1ncc2ccc(-c3noc(N4CCN(C(=O)OC(C)(C)C)CC4)n3)cc21. The first-order valence-corrected chi connectivity index (χ1v) is 9.29. The molecule has 0 unspecified atom stereocenters. The van der Waals surface area contributed by atoms with Crippen LogP contribution in [0.3, 0.4) is 0 Å². The molecule has 0 bridgehead atoms. The van der Waals surface area contributed by atoms with Gasteiger partial charge in [-0.1, -0.05) is 17.3 Å². The molecule has 0 atom stereocenters. The lowest BCUT2D eigenvalue weighted by Gasteiger charge is -2.34. The third-order valence-corrected chi connectivity index (χ3v) is 4.62. The first kappa shape index (κ1) is 18.3. The molecule has 1 aliphatic heterocycles. The number of fused-ring (bicyclic) bond motifs is 1. The standard InChI is InChI=1S/C19H24N6O3/c1-19(2,3)27-18(26)25-9-7-24(8-10-25)17-21-16(22-28-17)13-5-6-14-12-20-23(4)15(14)11-13/h5-6,11-12H,7-10H2,1-4H3. The van der Waals surface area contributed by atoms with E-state index in [0.717, 1.165) is 16.5 Å². The van der Waals surface area contributed by atoms with E-state index in [1.807, 2.05) is 61.8 Å². The van der Waals surface area contributed by atoms with Crippen molar-refractivity contribution in [1.29, 1.82) is 0 Å². The van der Waals surface area contributed by atoms with Gasteiger partial charge in [-0.15, -0.1) is 0 Å². The summed E-state index contributed by atoms with van der Waals surface area (Å²) in [6.07, 6.45) is 1.54. The Kier molecular flexibility index (Phi) is 4.44. The van der Waals surface area contributed by atoms with Gasteiger partial charge < -0.3 is 19.1 Å². The summed E-state index contributed by atoms with van der Waals surface area (Å²) >= 11 is 0. The molecule has 0 aliphatic carbocycles. The van der Waals surface area contributed by atoms with Gasteiger partial charge in [-0.2, -0.15) is 10.1 Å². The van der Waals surface area contributed by atoms with Crippen LogP contribution in [0.5, 0.6) is 0 Å². The van der Waals surface area contributed by atoms with Crippen LogP contribution >= 0.6 is 0 Å². The number of anilines is 1. The maximum atomic E-state index is 12.2. The Labute approximate surface area is 162 Å². The summed E-state index contributed by atoms with van der Waals surface area (Å²) in [5, 5.41) is 9.44. The van der Waals surface area contributed by atoms with Crippen LogP contribution in [-0.4, -0.2) is 62.7 Å². The lowest BCUT2D eigenvalue weighted by atomic mass is 10.1. The molecular formula is C19H24N6O3. The second-order valence-electron chi connectivity index (χ2n) is 7.90. The van der Waals surface area contributed by atoms with Gasteiger partial charge in [-0.25, -0.2) is 4.79 Å². The number of hydrogen-bond acceptors (Lipinski definition) is 7. The number of ether oxygens (including phenoxy) is 1. The van der Waals surface area contributed by atoms with Crippen LogP contribution in [0.4, 0.5) is 10.8 Å². The molecule has 1 amide bonds. The maximum absolute atomic E-state index is 12.2. The van der Waals surface area contributed by atoms with E-state index in [4.69, 9.17) is 9.26 Å². The fraction of sp³-hybridized carbons (Fsp3) is 0.474. The molecular weight excluding hydrogens is 360 g/mol. The predicted octanol–water partition coefficient (Wildman–Crippen LogP) is 2.68. The molecule has 1 aliphatic rings. The van der Waals surface area contributed by atoms with Gasteiger partial charge in [0.2, 0.25) is 5.82 Å². The Morgan fingerprint density at radius 2 is 1.93 bits per heavy atom. The third-order valence-electron chi connectivity index (χ3n) is 4.62. The van der Waals surface area contributed by atoms with Crippen molar-refractivity contribution in [2.45, 2.75) is 26.4 Å². The number of piperazine rings is 1. The second kappa shape index (κ2) is 6.81. The first-order chi connectivity index (χ1) is 13.3. The number of aromatic nitrogens is 4. The zero-order valence-electron chi connectivity index (χ0n) is 16.5. The van der Waals surface area contributed by atoms with Gasteiger partial charge in [0.15, 0.2) is 0 Å². The molecule has 3 heterocycles. The van der Waals surface area contributed by atoms with Crippen LogP contribution in [0.15, 0.2) is 28.9 Å². The molecule has 9 nitrogen and oxygen atoms in total. The molecule has 28 heavy (non-hydrogen) atoms. The second-order valence-corrected chi connectivity index (χ2v) is 7.90. The van der Waals surface area contributed by atoms with E-state index in [2.05, 4.69) is 15.2 Å². The Bertz CT molecular complexity index is 995. The molecule has 0 spiro atoms. The van der Waals surface area contributed by atoms with Crippen molar-refractivity contribution >= 4 is 23.0 Å². The largest absolute Gasteiger partial charge is 0.444 e. The summed E-state index contributed by atoms with van der Waals surface area (Å²) in [5.41, 5.74) is 1.39.